The van der Waals surface area contributed by atoms with Gasteiger partial charge in [-0.1, -0.05) is 0 Å². The molecule has 0 unspecified atom stereocenters. The Morgan fingerprint density at radius 3 is 2.79 bits per heavy atom. The summed E-state index contributed by atoms with van der Waals surface area (Å²) in [6, 6.07) is 4.25. The molecule has 2 rings (SSSR count). The predicted molar refractivity (Wildman–Crippen MR) is 56.1 cm³/mol. The molecule has 0 aromatic carbocycles. The Balaban J connectivity index is 1.92. The monoisotopic (exact) mass is 193 g/mol. The Kier molecular flexibility index (Phi) is 2.84. The highest BCUT2D eigenvalue weighted by atomic mass is 16.5. The second kappa shape index (κ2) is 4.28. The van der Waals surface area contributed by atoms with Crippen LogP contribution in [-0.4, -0.2) is 24.2 Å². The lowest BCUT2D eigenvalue weighted by molar-refractivity contribution is 0.0904. The third-order valence-electron chi connectivity index (χ3n) is 2.36. The van der Waals surface area contributed by atoms with Crippen LogP contribution in [-0.2, 0) is 4.74 Å². The number of pyridine rings is 1. The van der Waals surface area contributed by atoms with E-state index in [1.165, 1.54) is 0 Å². The van der Waals surface area contributed by atoms with Crippen LogP contribution < -0.4 is 11.1 Å². The molecule has 1 aromatic rings. The van der Waals surface area contributed by atoms with E-state index < -0.39 is 0 Å². The minimum absolute atomic E-state index is 0.486. The third kappa shape index (κ3) is 2.35. The van der Waals surface area contributed by atoms with E-state index >= 15 is 0 Å². The number of hydrogen-bond acceptors (Lipinski definition) is 4. The third-order valence-corrected chi connectivity index (χ3v) is 2.36. The van der Waals surface area contributed by atoms with Crippen molar-refractivity contribution >= 4 is 11.5 Å². The highest BCUT2D eigenvalue weighted by molar-refractivity contribution is 5.44. The molecule has 0 saturated carbocycles. The topological polar surface area (TPSA) is 60.2 Å². The van der Waals surface area contributed by atoms with Crippen LogP contribution in [0.25, 0.3) is 0 Å². The Morgan fingerprint density at radius 2 is 2.14 bits per heavy atom. The summed E-state index contributed by atoms with van der Waals surface area (Å²) in [6.07, 6.45) is 3.76. The molecular formula is C10H15N3O. The van der Waals surface area contributed by atoms with E-state index in [0.717, 1.165) is 31.9 Å². The summed E-state index contributed by atoms with van der Waals surface area (Å²) in [4.78, 5) is 4.20. The molecule has 4 nitrogen and oxygen atoms in total. The zero-order valence-electron chi connectivity index (χ0n) is 8.07. The van der Waals surface area contributed by atoms with Crippen LogP contribution in [0, 0.1) is 0 Å². The maximum Gasteiger partial charge on any atom is 0.126 e. The molecule has 76 valence electrons. The SMILES string of the molecule is Nc1ccc(NC2CCOCC2)nc1. The molecular weight excluding hydrogens is 178 g/mol. The number of nitrogen functional groups attached to an aromatic ring is 1. The van der Waals surface area contributed by atoms with Crippen molar-refractivity contribution in [3.05, 3.63) is 18.3 Å². The van der Waals surface area contributed by atoms with Crippen molar-refractivity contribution in [2.45, 2.75) is 18.9 Å². The molecule has 0 spiro atoms. The van der Waals surface area contributed by atoms with Gasteiger partial charge in [-0.15, -0.1) is 0 Å². The molecule has 1 saturated heterocycles. The molecule has 14 heavy (non-hydrogen) atoms. The van der Waals surface area contributed by atoms with Crippen LogP contribution >= 0.6 is 0 Å². The van der Waals surface area contributed by atoms with E-state index in [1.807, 2.05) is 12.1 Å². The molecule has 0 amide bonds. The summed E-state index contributed by atoms with van der Waals surface area (Å²) in [7, 11) is 0. The molecule has 4 heteroatoms. The highest BCUT2D eigenvalue weighted by Gasteiger charge is 2.13. The average molecular weight is 193 g/mol. The van der Waals surface area contributed by atoms with Gasteiger partial charge < -0.3 is 15.8 Å². The largest absolute Gasteiger partial charge is 0.397 e. The first-order valence-electron chi connectivity index (χ1n) is 4.90. The Labute approximate surface area is 83.5 Å². The van der Waals surface area contributed by atoms with Gasteiger partial charge in [-0.05, 0) is 25.0 Å². The number of rotatable bonds is 2. The summed E-state index contributed by atoms with van der Waals surface area (Å²) >= 11 is 0. The van der Waals surface area contributed by atoms with Gasteiger partial charge in [-0.25, -0.2) is 4.98 Å². The molecule has 1 aliphatic rings. The molecule has 0 bridgehead atoms. The number of nitrogens with two attached hydrogens (primary N) is 1. The van der Waals surface area contributed by atoms with Gasteiger partial charge in [0.15, 0.2) is 0 Å². The Bertz CT molecular complexity index is 280. The first-order chi connectivity index (χ1) is 6.84. The Morgan fingerprint density at radius 1 is 1.36 bits per heavy atom. The van der Waals surface area contributed by atoms with E-state index in [9.17, 15) is 0 Å². The number of nitrogens with zero attached hydrogens (tertiary/aromatic N) is 1. The fourth-order valence-electron chi connectivity index (χ4n) is 1.54. The van der Waals surface area contributed by atoms with E-state index in [2.05, 4.69) is 10.3 Å². The van der Waals surface area contributed by atoms with Crippen LogP contribution in [0.5, 0.6) is 0 Å². The molecule has 2 heterocycles. The number of anilines is 2. The number of nitrogens with one attached hydrogen (secondary N) is 1. The summed E-state index contributed by atoms with van der Waals surface area (Å²) in [5, 5.41) is 3.36. The number of aromatic nitrogens is 1. The van der Waals surface area contributed by atoms with E-state index in [4.69, 9.17) is 10.5 Å². The predicted octanol–water partition coefficient (Wildman–Crippen LogP) is 1.25. The van der Waals surface area contributed by atoms with Gasteiger partial charge in [0.2, 0.25) is 0 Å². The van der Waals surface area contributed by atoms with Crippen LogP contribution in [0.3, 0.4) is 0 Å². The lowest BCUT2D eigenvalue weighted by atomic mass is 10.1. The normalized spacial score (nSPS) is 18.0. The number of hydrogen-bond donors (Lipinski definition) is 2. The average Bonchev–Trinajstić information content (AvgIpc) is 2.23. The fourth-order valence-corrected chi connectivity index (χ4v) is 1.54. The minimum atomic E-state index is 0.486. The van der Waals surface area contributed by atoms with Crippen molar-refractivity contribution in [3.8, 4) is 0 Å². The molecule has 1 aromatic heterocycles. The molecule has 1 aliphatic heterocycles. The van der Waals surface area contributed by atoms with Crippen molar-refractivity contribution < 1.29 is 4.74 Å². The van der Waals surface area contributed by atoms with Crippen molar-refractivity contribution in [2.75, 3.05) is 24.3 Å². The van der Waals surface area contributed by atoms with Gasteiger partial charge in [0.05, 0.1) is 11.9 Å². The van der Waals surface area contributed by atoms with Crippen molar-refractivity contribution in [3.63, 3.8) is 0 Å². The van der Waals surface area contributed by atoms with Gasteiger partial charge >= 0.3 is 0 Å². The lowest BCUT2D eigenvalue weighted by Gasteiger charge is -2.23. The van der Waals surface area contributed by atoms with Crippen LogP contribution in [0.4, 0.5) is 11.5 Å². The molecule has 1 fully saturated rings. The van der Waals surface area contributed by atoms with Crippen molar-refractivity contribution in [1.29, 1.82) is 0 Å². The van der Waals surface area contributed by atoms with Crippen LogP contribution in [0.2, 0.25) is 0 Å². The van der Waals surface area contributed by atoms with Gasteiger partial charge in [-0.2, -0.15) is 0 Å². The van der Waals surface area contributed by atoms with E-state index in [1.54, 1.807) is 6.20 Å². The summed E-state index contributed by atoms with van der Waals surface area (Å²) < 4.78 is 5.28. The van der Waals surface area contributed by atoms with E-state index in [0.29, 0.717) is 11.7 Å². The second-order valence-electron chi connectivity index (χ2n) is 3.51. The minimum Gasteiger partial charge on any atom is -0.397 e. The maximum atomic E-state index is 5.55. The van der Waals surface area contributed by atoms with Crippen molar-refractivity contribution in [1.82, 2.24) is 4.98 Å². The fraction of sp³-hybridized carbons (Fsp3) is 0.500. The second-order valence-corrected chi connectivity index (χ2v) is 3.51. The Hall–Kier alpha value is -1.29. The van der Waals surface area contributed by atoms with Crippen LogP contribution in [0.1, 0.15) is 12.8 Å². The van der Waals surface area contributed by atoms with Crippen molar-refractivity contribution in [2.24, 2.45) is 0 Å². The highest BCUT2D eigenvalue weighted by Crippen LogP contribution is 2.13. The zero-order valence-corrected chi connectivity index (χ0v) is 8.07. The lowest BCUT2D eigenvalue weighted by Crippen LogP contribution is -2.28. The smallest absolute Gasteiger partial charge is 0.126 e. The molecule has 0 radical (unpaired) electrons. The molecule has 0 aliphatic carbocycles. The first kappa shape index (κ1) is 9.27. The summed E-state index contributed by atoms with van der Waals surface area (Å²) in [5.74, 6) is 0.895. The molecule has 3 N–H and O–H groups in total. The molecule has 0 atom stereocenters. The van der Waals surface area contributed by atoms with E-state index in [-0.39, 0.29) is 0 Å². The van der Waals surface area contributed by atoms with Gasteiger partial charge in [0.1, 0.15) is 5.82 Å². The standard InChI is InChI=1S/C10H15N3O/c11-8-1-2-10(12-7-8)13-9-3-5-14-6-4-9/h1-2,7,9H,3-6,11H2,(H,12,13). The maximum absolute atomic E-state index is 5.55. The quantitative estimate of drug-likeness (QED) is 0.742. The van der Waals surface area contributed by atoms with Gasteiger partial charge in [-0.3, -0.25) is 0 Å². The zero-order chi connectivity index (χ0) is 9.80. The van der Waals surface area contributed by atoms with Gasteiger partial charge in [0, 0.05) is 19.3 Å². The number of ether oxygens (including phenoxy) is 1. The summed E-state index contributed by atoms with van der Waals surface area (Å²) in [5.41, 5.74) is 6.25. The van der Waals surface area contributed by atoms with Crippen LogP contribution in [0.15, 0.2) is 18.3 Å². The first-order valence-corrected chi connectivity index (χ1v) is 4.90. The van der Waals surface area contributed by atoms with Gasteiger partial charge in [0.25, 0.3) is 0 Å². The summed E-state index contributed by atoms with van der Waals surface area (Å²) in [6.45, 7) is 1.68.